The normalized spacial score (nSPS) is 27.1. The summed E-state index contributed by atoms with van der Waals surface area (Å²) in [6.45, 7) is 8.87. The van der Waals surface area contributed by atoms with E-state index in [9.17, 15) is 4.79 Å². The van der Waals surface area contributed by atoms with Crippen molar-refractivity contribution in [2.75, 3.05) is 26.7 Å². The average molecular weight is 237 g/mol. The van der Waals surface area contributed by atoms with Crippen LogP contribution in [0.1, 0.15) is 27.2 Å². The quantitative estimate of drug-likeness (QED) is 0.744. The topological polar surface area (TPSA) is 47.3 Å². The second-order valence-electron chi connectivity index (χ2n) is 5.56. The lowest BCUT2D eigenvalue weighted by Crippen LogP contribution is -2.45. The molecule has 1 amide bonds. The van der Waals surface area contributed by atoms with Crippen molar-refractivity contribution in [2.24, 2.45) is 11.8 Å². The molecule has 0 aromatic rings. The molecular formula is C13H23N3O. The van der Waals surface area contributed by atoms with Crippen molar-refractivity contribution in [1.82, 2.24) is 9.80 Å². The van der Waals surface area contributed by atoms with E-state index in [-0.39, 0.29) is 18.4 Å². The highest BCUT2D eigenvalue weighted by atomic mass is 16.2. The van der Waals surface area contributed by atoms with Gasteiger partial charge in [-0.1, -0.05) is 20.8 Å². The highest BCUT2D eigenvalue weighted by Crippen LogP contribution is 2.17. The van der Waals surface area contributed by atoms with Gasteiger partial charge in [-0.05, 0) is 18.9 Å². The van der Waals surface area contributed by atoms with Gasteiger partial charge in [-0.25, -0.2) is 0 Å². The maximum atomic E-state index is 12.4. The molecule has 0 spiro atoms. The molecule has 0 saturated carbocycles. The molecule has 0 aliphatic carbocycles. The van der Waals surface area contributed by atoms with E-state index in [2.05, 4.69) is 26.8 Å². The summed E-state index contributed by atoms with van der Waals surface area (Å²) in [5.74, 6) is 1.05. The Morgan fingerprint density at radius 3 is 2.65 bits per heavy atom. The number of hydrogen-bond donors (Lipinski definition) is 0. The van der Waals surface area contributed by atoms with Crippen molar-refractivity contribution in [2.45, 2.75) is 33.2 Å². The van der Waals surface area contributed by atoms with E-state index < -0.39 is 0 Å². The van der Waals surface area contributed by atoms with Crippen molar-refractivity contribution in [1.29, 1.82) is 5.26 Å². The van der Waals surface area contributed by atoms with Crippen LogP contribution in [-0.2, 0) is 4.79 Å². The molecule has 1 rings (SSSR count). The van der Waals surface area contributed by atoms with Crippen LogP contribution in [0.15, 0.2) is 0 Å². The molecule has 2 unspecified atom stereocenters. The Hall–Kier alpha value is -1.08. The maximum Gasteiger partial charge on any atom is 0.241 e. The molecule has 1 aliphatic rings. The molecular weight excluding hydrogens is 214 g/mol. The van der Waals surface area contributed by atoms with Crippen LogP contribution in [0, 0.1) is 23.2 Å². The van der Waals surface area contributed by atoms with Crippen LogP contribution in [0.2, 0.25) is 0 Å². The minimum Gasteiger partial charge on any atom is -0.341 e. The summed E-state index contributed by atoms with van der Waals surface area (Å²) in [4.78, 5) is 16.3. The Kier molecular flexibility index (Phi) is 4.95. The lowest BCUT2D eigenvalue weighted by atomic mass is 10.1. The number of carbonyl (C=O) groups excluding carboxylic acids is 1. The highest BCUT2D eigenvalue weighted by Gasteiger charge is 2.32. The Morgan fingerprint density at radius 2 is 2.12 bits per heavy atom. The lowest BCUT2D eigenvalue weighted by molar-refractivity contribution is -0.135. The molecule has 1 heterocycles. The predicted octanol–water partition coefficient (Wildman–Crippen LogP) is 1.33. The van der Waals surface area contributed by atoms with E-state index in [0.717, 1.165) is 19.6 Å². The Balaban J connectivity index is 2.84. The van der Waals surface area contributed by atoms with Crippen molar-refractivity contribution < 1.29 is 4.79 Å². The number of nitrogens with zero attached hydrogens (tertiary/aromatic N) is 3. The molecule has 96 valence electrons. The fourth-order valence-electron chi connectivity index (χ4n) is 2.48. The second kappa shape index (κ2) is 6.02. The monoisotopic (exact) mass is 237 g/mol. The predicted molar refractivity (Wildman–Crippen MR) is 67.2 cm³/mol. The molecule has 1 aliphatic heterocycles. The zero-order valence-electron chi connectivity index (χ0n) is 11.3. The van der Waals surface area contributed by atoms with Gasteiger partial charge in [-0.15, -0.1) is 0 Å². The first-order valence-electron chi connectivity index (χ1n) is 6.31. The molecule has 4 nitrogen and oxygen atoms in total. The van der Waals surface area contributed by atoms with Crippen LogP contribution in [0.5, 0.6) is 0 Å². The van der Waals surface area contributed by atoms with E-state index in [1.165, 1.54) is 0 Å². The van der Waals surface area contributed by atoms with Crippen molar-refractivity contribution >= 4 is 5.91 Å². The number of carbonyl (C=O) groups is 1. The van der Waals surface area contributed by atoms with Crippen molar-refractivity contribution in [3.8, 4) is 6.07 Å². The van der Waals surface area contributed by atoms with Gasteiger partial charge in [-0.3, -0.25) is 9.69 Å². The third-order valence-corrected chi connectivity index (χ3v) is 3.13. The lowest BCUT2D eigenvalue weighted by Gasteiger charge is -2.27. The zero-order valence-corrected chi connectivity index (χ0v) is 11.3. The molecule has 0 bridgehead atoms. The fraction of sp³-hybridized carbons (Fsp3) is 0.846. The van der Waals surface area contributed by atoms with Gasteiger partial charge in [0.2, 0.25) is 5.91 Å². The van der Waals surface area contributed by atoms with Crippen molar-refractivity contribution in [3.05, 3.63) is 0 Å². The van der Waals surface area contributed by atoms with Gasteiger partial charge in [0.15, 0.2) is 0 Å². The largest absolute Gasteiger partial charge is 0.341 e. The maximum absolute atomic E-state index is 12.4. The van der Waals surface area contributed by atoms with Gasteiger partial charge < -0.3 is 4.90 Å². The molecule has 0 aromatic carbocycles. The molecule has 0 aromatic heterocycles. The molecule has 2 atom stereocenters. The first-order chi connectivity index (χ1) is 7.95. The first kappa shape index (κ1) is 14.0. The van der Waals surface area contributed by atoms with Gasteiger partial charge in [0.25, 0.3) is 0 Å². The third-order valence-electron chi connectivity index (χ3n) is 3.13. The van der Waals surface area contributed by atoms with Gasteiger partial charge in [0.1, 0.15) is 6.04 Å². The number of hydrogen-bond acceptors (Lipinski definition) is 3. The number of amides is 1. The van der Waals surface area contributed by atoms with Gasteiger partial charge in [0, 0.05) is 19.6 Å². The van der Waals surface area contributed by atoms with E-state index >= 15 is 0 Å². The summed E-state index contributed by atoms with van der Waals surface area (Å²) < 4.78 is 0. The SMILES string of the molecule is CC(C)CN1CC(C)CN(C)C(CC#N)C1=O. The van der Waals surface area contributed by atoms with E-state index in [4.69, 9.17) is 5.26 Å². The van der Waals surface area contributed by atoms with Gasteiger partial charge in [0.05, 0.1) is 12.5 Å². The van der Waals surface area contributed by atoms with Crippen LogP contribution < -0.4 is 0 Å². The van der Waals surface area contributed by atoms with E-state index in [1.807, 2.05) is 16.8 Å². The Bertz CT molecular complexity index is 308. The van der Waals surface area contributed by atoms with Crippen LogP contribution in [0.25, 0.3) is 0 Å². The number of nitriles is 1. The second-order valence-corrected chi connectivity index (χ2v) is 5.56. The smallest absolute Gasteiger partial charge is 0.241 e. The van der Waals surface area contributed by atoms with E-state index in [1.54, 1.807) is 0 Å². The van der Waals surface area contributed by atoms with Crippen LogP contribution in [0.3, 0.4) is 0 Å². The summed E-state index contributed by atoms with van der Waals surface area (Å²) in [6, 6.07) is 1.87. The zero-order chi connectivity index (χ0) is 13.0. The number of likely N-dealkylation sites (N-methyl/N-ethyl adjacent to an activating group) is 1. The fourth-order valence-corrected chi connectivity index (χ4v) is 2.48. The summed E-state index contributed by atoms with van der Waals surface area (Å²) in [6.07, 6.45) is 0.288. The van der Waals surface area contributed by atoms with Gasteiger partial charge >= 0.3 is 0 Å². The third kappa shape index (κ3) is 3.71. The molecule has 1 fully saturated rings. The van der Waals surface area contributed by atoms with Crippen LogP contribution in [0.4, 0.5) is 0 Å². The highest BCUT2D eigenvalue weighted by molar-refractivity contribution is 5.82. The van der Waals surface area contributed by atoms with Gasteiger partial charge in [-0.2, -0.15) is 5.26 Å². The molecule has 17 heavy (non-hydrogen) atoms. The minimum absolute atomic E-state index is 0.118. The summed E-state index contributed by atoms with van der Waals surface area (Å²) in [5, 5.41) is 8.83. The van der Waals surface area contributed by atoms with Crippen LogP contribution >= 0.6 is 0 Å². The summed E-state index contributed by atoms with van der Waals surface area (Å²) in [5.41, 5.74) is 0. The summed E-state index contributed by atoms with van der Waals surface area (Å²) >= 11 is 0. The molecule has 0 radical (unpaired) electrons. The Morgan fingerprint density at radius 1 is 1.47 bits per heavy atom. The average Bonchev–Trinajstić information content (AvgIpc) is 2.30. The standard InChI is InChI=1S/C13H23N3O/c1-10(2)7-16-9-11(3)8-15(4)12(5-6-14)13(16)17/h10-12H,5,7-9H2,1-4H3. The van der Waals surface area contributed by atoms with Crippen LogP contribution in [-0.4, -0.2) is 48.4 Å². The first-order valence-corrected chi connectivity index (χ1v) is 6.31. The number of rotatable bonds is 3. The molecule has 0 N–H and O–H groups in total. The van der Waals surface area contributed by atoms with Crippen molar-refractivity contribution in [3.63, 3.8) is 0 Å². The van der Waals surface area contributed by atoms with E-state index in [0.29, 0.717) is 11.8 Å². The minimum atomic E-state index is -0.260. The Labute approximate surface area is 104 Å². The molecule has 1 saturated heterocycles. The summed E-state index contributed by atoms with van der Waals surface area (Å²) in [7, 11) is 1.94. The molecule has 4 heteroatoms.